The number of aliphatic hydroxyl groups excluding tert-OH is 1. The van der Waals surface area contributed by atoms with E-state index in [-0.39, 0.29) is 5.75 Å². The highest BCUT2D eigenvalue weighted by atomic mass is 31.2. The molecule has 0 bridgehead atoms. The molecule has 198 valence electrons. The first-order chi connectivity index (χ1) is 16.8. The molecule has 0 aliphatic carbocycles. The first kappa shape index (κ1) is 27.8. The molecule has 6 atom stereocenters. The number of hydrogen-bond donors (Lipinski definition) is 4. The van der Waals surface area contributed by atoms with Crippen LogP contribution in [0.5, 0.6) is 5.75 Å². The van der Waals surface area contributed by atoms with Crippen LogP contribution in [0, 0.1) is 0 Å². The van der Waals surface area contributed by atoms with Crippen molar-refractivity contribution in [1.82, 2.24) is 14.6 Å². The third-order valence-corrected chi connectivity index (χ3v) is 6.96. The van der Waals surface area contributed by atoms with Gasteiger partial charge in [-0.2, -0.15) is 5.09 Å². The van der Waals surface area contributed by atoms with Gasteiger partial charge in [0, 0.05) is 12.3 Å². The zero-order valence-corrected chi connectivity index (χ0v) is 21.1. The lowest BCUT2D eigenvalue weighted by atomic mass is 9.96. The van der Waals surface area contributed by atoms with Gasteiger partial charge in [0.1, 0.15) is 29.6 Å². The van der Waals surface area contributed by atoms with Gasteiger partial charge in [-0.25, -0.2) is 13.9 Å². The first-order valence-electron chi connectivity index (χ1n) is 11.2. The number of aromatic amines is 1. The fourth-order valence-electron chi connectivity index (χ4n) is 3.51. The Hall–Kier alpha value is -2.80. The van der Waals surface area contributed by atoms with Crippen molar-refractivity contribution in [2.45, 2.75) is 63.9 Å². The summed E-state index contributed by atoms with van der Waals surface area (Å²) in [6.07, 6.45) is -3.83. The van der Waals surface area contributed by atoms with Crippen LogP contribution < -0.4 is 20.9 Å². The minimum atomic E-state index is -4.29. The zero-order valence-electron chi connectivity index (χ0n) is 20.2. The lowest BCUT2D eigenvalue weighted by Crippen LogP contribution is -2.49. The second-order valence-corrected chi connectivity index (χ2v) is 10.4. The summed E-state index contributed by atoms with van der Waals surface area (Å²) in [5.74, 6) is -0.536. The number of aliphatic hydroxyl groups is 2. The Kier molecular flexibility index (Phi) is 8.55. The Bertz CT molecular complexity index is 1180. The summed E-state index contributed by atoms with van der Waals surface area (Å²) in [7, 11) is -4.29. The number of nitrogens with one attached hydrogen (secondary N) is 2. The molecule has 1 aromatic carbocycles. The van der Waals surface area contributed by atoms with Gasteiger partial charge in [0.05, 0.1) is 12.7 Å². The maximum atomic E-state index is 13.6. The number of nitrogens with zero attached hydrogens (tertiary/aromatic N) is 1. The molecular weight excluding hydrogens is 497 g/mol. The Morgan fingerprint density at radius 1 is 1.25 bits per heavy atom. The van der Waals surface area contributed by atoms with Gasteiger partial charge in [-0.15, -0.1) is 0 Å². The smallest absolute Gasteiger partial charge is 0.459 e. The maximum absolute atomic E-state index is 13.6. The van der Waals surface area contributed by atoms with E-state index in [1.807, 2.05) is 0 Å². The molecule has 0 amide bonds. The third-order valence-electron chi connectivity index (χ3n) is 5.31. The summed E-state index contributed by atoms with van der Waals surface area (Å²) < 4.78 is 36.0. The number of ether oxygens (including phenoxy) is 2. The van der Waals surface area contributed by atoms with E-state index in [9.17, 15) is 29.2 Å². The number of benzene rings is 1. The third kappa shape index (κ3) is 6.30. The van der Waals surface area contributed by atoms with Gasteiger partial charge in [-0.1, -0.05) is 18.2 Å². The quantitative estimate of drug-likeness (QED) is 0.252. The minimum Gasteiger partial charge on any atom is -0.462 e. The summed E-state index contributed by atoms with van der Waals surface area (Å²) in [4.78, 5) is 39.0. The van der Waals surface area contributed by atoms with Crippen molar-refractivity contribution in [2.75, 3.05) is 6.61 Å². The number of carbonyl (C=O) groups excluding carboxylic acids is 1. The van der Waals surface area contributed by atoms with Gasteiger partial charge in [0.2, 0.25) is 0 Å². The Morgan fingerprint density at radius 3 is 2.53 bits per heavy atom. The summed E-state index contributed by atoms with van der Waals surface area (Å²) >= 11 is 0. The van der Waals surface area contributed by atoms with Crippen LogP contribution in [0.4, 0.5) is 0 Å². The van der Waals surface area contributed by atoms with E-state index < -0.39 is 67.8 Å². The normalized spacial score (nSPS) is 26.4. The second kappa shape index (κ2) is 11.1. The molecule has 0 unspecified atom stereocenters. The fourth-order valence-corrected chi connectivity index (χ4v) is 5.02. The molecule has 13 nitrogen and oxygen atoms in total. The number of aromatic nitrogens is 2. The van der Waals surface area contributed by atoms with Crippen LogP contribution >= 0.6 is 7.75 Å². The Morgan fingerprint density at radius 2 is 1.92 bits per heavy atom. The lowest BCUT2D eigenvalue weighted by molar-refractivity contribution is -0.149. The van der Waals surface area contributed by atoms with Crippen LogP contribution in [0.2, 0.25) is 0 Å². The predicted octanol–water partition coefficient (Wildman–Crippen LogP) is 0.679. The van der Waals surface area contributed by atoms with Crippen LogP contribution in [0.3, 0.4) is 0 Å². The van der Waals surface area contributed by atoms with E-state index in [1.165, 1.54) is 26.0 Å². The van der Waals surface area contributed by atoms with Crippen molar-refractivity contribution in [1.29, 1.82) is 0 Å². The first-order valence-corrected chi connectivity index (χ1v) is 12.7. The number of hydrogen-bond acceptors (Lipinski definition) is 10. The summed E-state index contributed by atoms with van der Waals surface area (Å²) in [6, 6.07) is 7.98. The average molecular weight is 527 g/mol. The molecule has 2 heterocycles. The van der Waals surface area contributed by atoms with Crippen molar-refractivity contribution in [3.63, 3.8) is 0 Å². The molecule has 1 saturated heterocycles. The molecule has 1 aliphatic heterocycles. The van der Waals surface area contributed by atoms with Crippen LogP contribution in [0.1, 0.15) is 33.9 Å². The summed E-state index contributed by atoms with van der Waals surface area (Å²) in [6.45, 7) is 5.31. The van der Waals surface area contributed by atoms with Crippen LogP contribution in [-0.4, -0.2) is 62.3 Å². The second-order valence-electron chi connectivity index (χ2n) is 8.72. The highest BCUT2D eigenvalue weighted by Gasteiger charge is 2.54. The van der Waals surface area contributed by atoms with Crippen LogP contribution in [-0.2, 0) is 23.4 Å². The molecule has 36 heavy (non-hydrogen) atoms. The molecule has 1 aliphatic rings. The van der Waals surface area contributed by atoms with Gasteiger partial charge in [-0.05, 0) is 39.8 Å². The summed E-state index contributed by atoms with van der Waals surface area (Å²) in [5.41, 5.74) is -3.72. The van der Waals surface area contributed by atoms with E-state index >= 15 is 0 Å². The van der Waals surface area contributed by atoms with Crippen molar-refractivity contribution >= 4 is 13.7 Å². The number of carbonyl (C=O) groups is 1. The van der Waals surface area contributed by atoms with Gasteiger partial charge in [-0.3, -0.25) is 14.1 Å². The Labute approximate surface area is 206 Å². The number of H-pyrrole nitrogens is 1. The SMILES string of the molecule is CC(C)OC(=O)[C@@H](C)N[P@@](=O)(OC[C@H]1O[C@@H](n2c(=O)cc[nH]c2=O)[C@](C)(O)[C@@H]1O)Oc1ccccc1. The molecule has 1 fully saturated rings. The standard InChI is InChI=1S/C22H30N3O10P/c1-13(2)33-19(28)14(3)24-36(31,35-15-8-6-5-7-9-15)32-12-16-18(27)22(4,30)20(34-16)25-17(26)10-11-23-21(25)29/h5-11,13-14,16,18,20,27,30H,12H2,1-4H3,(H,23,29)(H,24,31)/t14-,16-,18-,20-,22-,36-/m1/s1. The predicted molar refractivity (Wildman–Crippen MR) is 126 cm³/mol. The number of rotatable bonds is 10. The summed E-state index contributed by atoms with van der Waals surface area (Å²) in [5, 5.41) is 24.0. The highest BCUT2D eigenvalue weighted by Crippen LogP contribution is 2.46. The maximum Gasteiger partial charge on any atom is 0.459 e. The Balaban J connectivity index is 1.81. The number of para-hydroxylation sites is 1. The van der Waals surface area contributed by atoms with Crippen molar-refractivity contribution in [3.8, 4) is 5.75 Å². The lowest BCUT2D eigenvalue weighted by Gasteiger charge is -2.27. The van der Waals surface area contributed by atoms with Crippen LogP contribution in [0.15, 0.2) is 52.2 Å². The highest BCUT2D eigenvalue weighted by molar-refractivity contribution is 7.52. The number of esters is 1. The molecule has 3 rings (SSSR count). The molecule has 4 N–H and O–H groups in total. The fraction of sp³-hybridized carbons (Fsp3) is 0.500. The van der Waals surface area contributed by atoms with Crippen molar-refractivity contribution in [3.05, 3.63) is 63.4 Å². The molecule has 1 aromatic heterocycles. The van der Waals surface area contributed by atoms with E-state index in [0.717, 1.165) is 12.3 Å². The molecule has 14 heteroatoms. The molecule has 0 spiro atoms. The van der Waals surface area contributed by atoms with E-state index in [4.69, 9.17) is 18.5 Å². The van der Waals surface area contributed by atoms with Gasteiger partial charge >= 0.3 is 19.4 Å². The van der Waals surface area contributed by atoms with Crippen LogP contribution in [0.25, 0.3) is 0 Å². The van der Waals surface area contributed by atoms with E-state index in [0.29, 0.717) is 4.57 Å². The van der Waals surface area contributed by atoms with Gasteiger partial charge in [0.25, 0.3) is 5.56 Å². The molecule has 0 radical (unpaired) electrons. The molecule has 2 aromatic rings. The van der Waals surface area contributed by atoms with Crippen molar-refractivity contribution in [2.24, 2.45) is 0 Å². The molecular formula is C22H30N3O10P. The zero-order chi connectivity index (χ0) is 26.7. The largest absolute Gasteiger partial charge is 0.462 e. The average Bonchev–Trinajstić information content (AvgIpc) is 3.01. The monoisotopic (exact) mass is 527 g/mol. The van der Waals surface area contributed by atoms with Gasteiger partial charge in [0.15, 0.2) is 6.23 Å². The van der Waals surface area contributed by atoms with E-state index in [1.54, 1.807) is 32.0 Å². The van der Waals surface area contributed by atoms with Crippen molar-refractivity contribution < 1.29 is 38.1 Å². The molecule has 0 saturated carbocycles. The van der Waals surface area contributed by atoms with E-state index in [2.05, 4.69) is 10.1 Å². The topological polar surface area (TPSA) is 178 Å². The minimum absolute atomic E-state index is 0.165. The van der Waals surface area contributed by atoms with Gasteiger partial charge < -0.3 is 29.2 Å².